The van der Waals surface area contributed by atoms with Crippen LogP contribution in [0.1, 0.15) is 6.92 Å². The molecule has 1 aromatic carbocycles. The standard InChI is InChI=1S/C12H17NO2S/c1-10(12(14)13-8-9-15-2)16-11-6-4-3-5-7-11/h3-7,10H,8-9H2,1-2H3,(H,13,14)/t10-/m1/s1. The highest BCUT2D eigenvalue weighted by atomic mass is 32.2. The maximum Gasteiger partial charge on any atom is 0.233 e. The van der Waals surface area contributed by atoms with Crippen LogP contribution >= 0.6 is 11.8 Å². The van der Waals surface area contributed by atoms with Crippen LogP contribution in [-0.2, 0) is 9.53 Å². The third-order valence-corrected chi connectivity index (χ3v) is 3.14. The largest absolute Gasteiger partial charge is 0.383 e. The summed E-state index contributed by atoms with van der Waals surface area (Å²) in [6, 6.07) is 9.91. The fraction of sp³-hybridized carbons (Fsp3) is 0.417. The molecule has 0 saturated heterocycles. The molecule has 16 heavy (non-hydrogen) atoms. The maximum atomic E-state index is 11.6. The topological polar surface area (TPSA) is 38.3 Å². The molecule has 4 heteroatoms. The van der Waals surface area contributed by atoms with Crippen LogP contribution in [0.5, 0.6) is 0 Å². The van der Waals surface area contributed by atoms with Gasteiger partial charge < -0.3 is 10.1 Å². The van der Waals surface area contributed by atoms with Gasteiger partial charge in [0.2, 0.25) is 5.91 Å². The quantitative estimate of drug-likeness (QED) is 0.609. The Hall–Kier alpha value is -1.00. The highest BCUT2D eigenvalue weighted by Crippen LogP contribution is 2.22. The van der Waals surface area contributed by atoms with Gasteiger partial charge in [-0.15, -0.1) is 11.8 Å². The summed E-state index contributed by atoms with van der Waals surface area (Å²) in [7, 11) is 1.62. The van der Waals surface area contributed by atoms with Gasteiger partial charge in [-0.1, -0.05) is 18.2 Å². The summed E-state index contributed by atoms with van der Waals surface area (Å²) >= 11 is 1.56. The molecule has 0 aliphatic heterocycles. The number of nitrogens with one attached hydrogen (secondary N) is 1. The predicted molar refractivity (Wildman–Crippen MR) is 66.6 cm³/mol. The number of carbonyl (C=O) groups is 1. The monoisotopic (exact) mass is 239 g/mol. The minimum atomic E-state index is -0.0840. The molecule has 0 fully saturated rings. The van der Waals surface area contributed by atoms with E-state index in [9.17, 15) is 4.79 Å². The molecule has 0 spiro atoms. The summed E-state index contributed by atoms with van der Waals surface area (Å²) in [6.07, 6.45) is 0. The summed E-state index contributed by atoms with van der Waals surface area (Å²) in [5, 5.41) is 2.73. The zero-order valence-electron chi connectivity index (χ0n) is 9.60. The minimum absolute atomic E-state index is 0.0471. The van der Waals surface area contributed by atoms with Gasteiger partial charge in [0, 0.05) is 18.6 Å². The van der Waals surface area contributed by atoms with Crippen LogP contribution in [0.4, 0.5) is 0 Å². The van der Waals surface area contributed by atoms with Crippen LogP contribution in [0.15, 0.2) is 35.2 Å². The van der Waals surface area contributed by atoms with E-state index in [0.29, 0.717) is 13.2 Å². The number of amides is 1. The molecule has 1 aromatic rings. The highest BCUT2D eigenvalue weighted by Gasteiger charge is 2.13. The fourth-order valence-corrected chi connectivity index (χ4v) is 2.09. The van der Waals surface area contributed by atoms with E-state index in [1.807, 2.05) is 37.3 Å². The van der Waals surface area contributed by atoms with Crippen LogP contribution in [0.2, 0.25) is 0 Å². The van der Waals surface area contributed by atoms with Gasteiger partial charge in [-0.2, -0.15) is 0 Å². The molecule has 1 atom stereocenters. The van der Waals surface area contributed by atoms with E-state index in [4.69, 9.17) is 4.74 Å². The molecule has 0 heterocycles. The van der Waals surface area contributed by atoms with E-state index in [1.54, 1.807) is 18.9 Å². The predicted octanol–water partition coefficient (Wildman–Crippen LogP) is 1.93. The number of hydrogen-bond acceptors (Lipinski definition) is 3. The van der Waals surface area contributed by atoms with Crippen LogP contribution in [0.3, 0.4) is 0 Å². The number of thioether (sulfide) groups is 1. The first-order valence-electron chi connectivity index (χ1n) is 5.22. The number of benzene rings is 1. The van der Waals surface area contributed by atoms with Crippen molar-refractivity contribution in [2.75, 3.05) is 20.3 Å². The van der Waals surface area contributed by atoms with Gasteiger partial charge in [-0.25, -0.2) is 0 Å². The van der Waals surface area contributed by atoms with Crippen molar-refractivity contribution in [3.8, 4) is 0 Å². The third-order valence-electron chi connectivity index (χ3n) is 2.03. The van der Waals surface area contributed by atoms with E-state index in [1.165, 1.54) is 0 Å². The molecule has 0 aliphatic carbocycles. The zero-order valence-corrected chi connectivity index (χ0v) is 10.4. The lowest BCUT2D eigenvalue weighted by Crippen LogP contribution is -2.33. The lowest BCUT2D eigenvalue weighted by atomic mass is 10.4. The summed E-state index contributed by atoms with van der Waals surface area (Å²) in [4.78, 5) is 12.7. The Morgan fingerprint density at radius 1 is 1.44 bits per heavy atom. The Morgan fingerprint density at radius 3 is 2.75 bits per heavy atom. The minimum Gasteiger partial charge on any atom is -0.383 e. The van der Waals surface area contributed by atoms with Crippen LogP contribution in [0, 0.1) is 0 Å². The van der Waals surface area contributed by atoms with Gasteiger partial charge in [0.1, 0.15) is 0 Å². The number of carbonyl (C=O) groups excluding carboxylic acids is 1. The number of methoxy groups -OCH3 is 1. The third kappa shape index (κ3) is 4.68. The first-order valence-corrected chi connectivity index (χ1v) is 6.10. The summed E-state index contributed by atoms with van der Waals surface area (Å²) in [5.74, 6) is 0.0471. The van der Waals surface area contributed by atoms with Crippen molar-refractivity contribution >= 4 is 17.7 Å². The molecule has 1 amide bonds. The number of ether oxygens (including phenoxy) is 1. The molecular formula is C12H17NO2S. The smallest absolute Gasteiger partial charge is 0.233 e. The van der Waals surface area contributed by atoms with E-state index in [0.717, 1.165) is 4.90 Å². The van der Waals surface area contributed by atoms with Crippen LogP contribution < -0.4 is 5.32 Å². The lowest BCUT2D eigenvalue weighted by Gasteiger charge is -2.11. The van der Waals surface area contributed by atoms with E-state index in [-0.39, 0.29) is 11.2 Å². The first kappa shape index (κ1) is 13.1. The molecule has 0 radical (unpaired) electrons. The summed E-state index contributed by atoms with van der Waals surface area (Å²) in [6.45, 7) is 3.02. The molecule has 0 bridgehead atoms. The Morgan fingerprint density at radius 2 is 2.12 bits per heavy atom. The molecule has 0 aliphatic rings. The van der Waals surface area contributed by atoms with Gasteiger partial charge in [0.15, 0.2) is 0 Å². The average molecular weight is 239 g/mol. The van der Waals surface area contributed by atoms with Gasteiger partial charge in [-0.3, -0.25) is 4.79 Å². The number of hydrogen-bond donors (Lipinski definition) is 1. The summed E-state index contributed by atoms with van der Waals surface area (Å²) < 4.78 is 4.87. The van der Waals surface area contributed by atoms with Crippen molar-refractivity contribution in [3.63, 3.8) is 0 Å². The van der Waals surface area contributed by atoms with E-state index in [2.05, 4.69) is 5.32 Å². The zero-order chi connectivity index (χ0) is 11.8. The van der Waals surface area contributed by atoms with Crippen LogP contribution in [0.25, 0.3) is 0 Å². The maximum absolute atomic E-state index is 11.6. The number of rotatable bonds is 6. The fourth-order valence-electron chi connectivity index (χ4n) is 1.18. The normalized spacial score (nSPS) is 12.1. The Kier molecular flexibility index (Phi) is 5.96. The highest BCUT2D eigenvalue weighted by molar-refractivity contribution is 8.00. The second-order valence-corrected chi connectivity index (χ2v) is 4.77. The molecular weight excluding hydrogens is 222 g/mol. The first-order chi connectivity index (χ1) is 7.74. The summed E-state index contributed by atoms with van der Waals surface area (Å²) in [5.41, 5.74) is 0. The second kappa shape index (κ2) is 7.30. The van der Waals surface area contributed by atoms with Gasteiger partial charge in [0.05, 0.1) is 11.9 Å². The van der Waals surface area contributed by atoms with Crippen molar-refractivity contribution in [3.05, 3.63) is 30.3 Å². The second-order valence-electron chi connectivity index (χ2n) is 3.36. The molecule has 0 aromatic heterocycles. The van der Waals surface area contributed by atoms with Crippen LogP contribution in [-0.4, -0.2) is 31.4 Å². The molecule has 88 valence electrons. The van der Waals surface area contributed by atoms with E-state index >= 15 is 0 Å². The van der Waals surface area contributed by atoms with Crippen molar-refractivity contribution in [2.24, 2.45) is 0 Å². The molecule has 0 saturated carbocycles. The molecule has 1 N–H and O–H groups in total. The van der Waals surface area contributed by atoms with Crippen molar-refractivity contribution < 1.29 is 9.53 Å². The van der Waals surface area contributed by atoms with Crippen molar-refractivity contribution in [1.82, 2.24) is 5.32 Å². The van der Waals surface area contributed by atoms with Gasteiger partial charge >= 0.3 is 0 Å². The average Bonchev–Trinajstić information content (AvgIpc) is 2.30. The van der Waals surface area contributed by atoms with Crippen molar-refractivity contribution in [2.45, 2.75) is 17.1 Å². The molecule has 3 nitrogen and oxygen atoms in total. The lowest BCUT2D eigenvalue weighted by molar-refractivity contribution is -0.120. The molecule has 0 unspecified atom stereocenters. The van der Waals surface area contributed by atoms with Gasteiger partial charge in [0.25, 0.3) is 0 Å². The Bertz CT molecular complexity index is 316. The SMILES string of the molecule is COCCNC(=O)[C@@H](C)Sc1ccccc1. The van der Waals surface area contributed by atoms with Gasteiger partial charge in [-0.05, 0) is 19.1 Å². The van der Waals surface area contributed by atoms with E-state index < -0.39 is 0 Å². The Labute approximate surface area is 101 Å². The van der Waals surface area contributed by atoms with Crippen molar-refractivity contribution in [1.29, 1.82) is 0 Å². The molecule has 1 rings (SSSR count). The Balaban J connectivity index is 2.34.